The molecule has 132 valence electrons. The zero-order chi connectivity index (χ0) is 18.1. The van der Waals surface area contributed by atoms with E-state index in [1.165, 1.54) is 0 Å². The highest BCUT2D eigenvalue weighted by Crippen LogP contribution is 2.27. The lowest BCUT2D eigenvalue weighted by molar-refractivity contribution is 0.311. The molecule has 25 heavy (non-hydrogen) atoms. The number of hydrogen-bond donors (Lipinski definition) is 2. The normalized spacial score (nSPS) is 10.4. The lowest BCUT2D eigenvalue weighted by Gasteiger charge is -2.11. The van der Waals surface area contributed by atoms with Gasteiger partial charge in [0.2, 0.25) is 0 Å². The third-order valence-electron chi connectivity index (χ3n) is 3.22. The van der Waals surface area contributed by atoms with Gasteiger partial charge in [0.25, 0.3) is 0 Å². The van der Waals surface area contributed by atoms with E-state index in [1.54, 1.807) is 20.4 Å². The van der Waals surface area contributed by atoms with Crippen molar-refractivity contribution in [3.63, 3.8) is 0 Å². The fraction of sp³-hybridized carbons (Fsp3) is 0.222. The van der Waals surface area contributed by atoms with Crippen molar-refractivity contribution in [1.82, 2.24) is 5.43 Å². The van der Waals surface area contributed by atoms with Gasteiger partial charge in [0.05, 0.1) is 32.7 Å². The average Bonchev–Trinajstić information content (AvgIpc) is 2.63. The van der Waals surface area contributed by atoms with Crippen LogP contribution >= 0.6 is 12.2 Å². The molecule has 0 aliphatic heterocycles. The van der Waals surface area contributed by atoms with Gasteiger partial charge in [-0.15, -0.1) is 0 Å². The van der Waals surface area contributed by atoms with Crippen LogP contribution in [0.3, 0.4) is 0 Å². The predicted octanol–water partition coefficient (Wildman–Crippen LogP) is 3.42. The maximum absolute atomic E-state index is 5.49. The summed E-state index contributed by atoms with van der Waals surface area (Å²) in [5.41, 5.74) is 4.39. The molecule has 2 rings (SSSR count). The van der Waals surface area contributed by atoms with Gasteiger partial charge in [-0.2, -0.15) is 5.10 Å². The van der Waals surface area contributed by atoms with E-state index in [9.17, 15) is 0 Å². The van der Waals surface area contributed by atoms with E-state index in [0.717, 1.165) is 11.3 Å². The smallest absolute Gasteiger partial charge is 0.191 e. The number of hydrazone groups is 1. The van der Waals surface area contributed by atoms with Gasteiger partial charge in [-0.1, -0.05) is 12.1 Å². The highest BCUT2D eigenvalue weighted by molar-refractivity contribution is 7.80. The predicted molar refractivity (Wildman–Crippen MR) is 104 cm³/mol. The highest BCUT2D eigenvalue weighted by atomic mass is 32.1. The quantitative estimate of drug-likeness (QED) is 0.449. The van der Waals surface area contributed by atoms with Crippen molar-refractivity contribution < 1.29 is 14.2 Å². The van der Waals surface area contributed by atoms with Crippen molar-refractivity contribution in [2.24, 2.45) is 5.10 Å². The van der Waals surface area contributed by atoms with Gasteiger partial charge in [-0.3, -0.25) is 5.43 Å². The first-order valence-corrected chi connectivity index (χ1v) is 8.12. The molecule has 0 atom stereocenters. The van der Waals surface area contributed by atoms with Crippen LogP contribution in [0.4, 0.5) is 5.69 Å². The largest absolute Gasteiger partial charge is 0.495 e. The van der Waals surface area contributed by atoms with Crippen molar-refractivity contribution >= 4 is 29.2 Å². The molecule has 6 nitrogen and oxygen atoms in total. The summed E-state index contributed by atoms with van der Waals surface area (Å²) in [6, 6.07) is 13.1. The number of anilines is 1. The first-order valence-electron chi connectivity index (χ1n) is 7.71. The molecule has 0 spiro atoms. The van der Waals surface area contributed by atoms with Crippen molar-refractivity contribution in [3.05, 3.63) is 48.0 Å². The van der Waals surface area contributed by atoms with Crippen LogP contribution in [0.1, 0.15) is 12.5 Å². The Hall–Kier alpha value is -2.80. The topological polar surface area (TPSA) is 64.1 Å². The van der Waals surface area contributed by atoms with E-state index in [0.29, 0.717) is 29.0 Å². The zero-order valence-electron chi connectivity index (χ0n) is 14.4. The van der Waals surface area contributed by atoms with E-state index in [2.05, 4.69) is 15.8 Å². The van der Waals surface area contributed by atoms with Crippen LogP contribution in [0.25, 0.3) is 0 Å². The highest BCUT2D eigenvalue weighted by Gasteiger charge is 2.05. The maximum atomic E-state index is 5.49. The minimum absolute atomic E-state index is 0.360. The van der Waals surface area contributed by atoms with Crippen LogP contribution in [0.2, 0.25) is 0 Å². The SMILES string of the molecule is CCOc1ccc(/C=N\NC(=S)Nc2ccccc2OC)cc1OC. The number of para-hydroxylation sites is 2. The van der Waals surface area contributed by atoms with Gasteiger partial charge >= 0.3 is 0 Å². The first kappa shape index (κ1) is 18.5. The number of methoxy groups -OCH3 is 2. The summed E-state index contributed by atoms with van der Waals surface area (Å²) >= 11 is 5.23. The summed E-state index contributed by atoms with van der Waals surface area (Å²) < 4.78 is 16.1. The minimum atomic E-state index is 0.360. The second kappa shape index (κ2) is 9.48. The zero-order valence-corrected chi connectivity index (χ0v) is 15.2. The van der Waals surface area contributed by atoms with Crippen molar-refractivity contribution in [1.29, 1.82) is 0 Å². The number of benzene rings is 2. The van der Waals surface area contributed by atoms with Crippen LogP contribution in [-0.2, 0) is 0 Å². The van der Waals surface area contributed by atoms with Gasteiger partial charge in [-0.25, -0.2) is 0 Å². The number of ether oxygens (including phenoxy) is 3. The third-order valence-corrected chi connectivity index (χ3v) is 3.42. The van der Waals surface area contributed by atoms with Crippen molar-refractivity contribution in [2.45, 2.75) is 6.92 Å². The molecule has 0 saturated carbocycles. The molecular formula is C18H21N3O3S. The standard InChI is InChI=1S/C18H21N3O3S/c1-4-24-16-10-9-13(11-17(16)23-3)12-19-21-18(25)20-14-7-5-6-8-15(14)22-2/h5-12H,4H2,1-3H3,(H2,20,21,25)/b19-12-. The van der Waals surface area contributed by atoms with E-state index in [-0.39, 0.29) is 0 Å². The summed E-state index contributed by atoms with van der Waals surface area (Å²) in [5, 5.41) is 7.52. The van der Waals surface area contributed by atoms with Gasteiger partial charge in [-0.05, 0) is 55.0 Å². The fourth-order valence-corrected chi connectivity index (χ4v) is 2.27. The van der Waals surface area contributed by atoms with Gasteiger partial charge in [0, 0.05) is 0 Å². The molecular weight excluding hydrogens is 338 g/mol. The Morgan fingerprint density at radius 1 is 1.08 bits per heavy atom. The summed E-state index contributed by atoms with van der Waals surface area (Å²) in [6.45, 7) is 2.50. The molecule has 0 aliphatic rings. The lowest BCUT2D eigenvalue weighted by atomic mass is 10.2. The molecule has 0 fully saturated rings. The summed E-state index contributed by atoms with van der Waals surface area (Å²) in [5.74, 6) is 2.05. The molecule has 0 bridgehead atoms. The van der Waals surface area contributed by atoms with Crippen LogP contribution in [0.15, 0.2) is 47.6 Å². The van der Waals surface area contributed by atoms with Gasteiger partial charge in [0.1, 0.15) is 5.75 Å². The minimum Gasteiger partial charge on any atom is -0.495 e. The molecule has 7 heteroatoms. The number of nitrogens with zero attached hydrogens (tertiary/aromatic N) is 1. The van der Waals surface area contributed by atoms with Gasteiger partial charge in [0.15, 0.2) is 16.6 Å². The maximum Gasteiger partial charge on any atom is 0.191 e. The first-order chi connectivity index (χ1) is 12.2. The Morgan fingerprint density at radius 3 is 2.56 bits per heavy atom. The van der Waals surface area contributed by atoms with E-state index >= 15 is 0 Å². The molecule has 0 unspecified atom stereocenters. The summed E-state index contributed by atoms with van der Waals surface area (Å²) in [6.07, 6.45) is 1.65. The molecule has 2 aromatic carbocycles. The number of hydrogen-bond acceptors (Lipinski definition) is 5. The molecule has 0 radical (unpaired) electrons. The molecule has 0 heterocycles. The second-order valence-corrected chi connectivity index (χ2v) is 5.28. The number of nitrogens with one attached hydrogen (secondary N) is 2. The van der Waals surface area contributed by atoms with E-state index in [1.807, 2.05) is 49.4 Å². The average molecular weight is 359 g/mol. The van der Waals surface area contributed by atoms with Crippen LogP contribution < -0.4 is 25.0 Å². The van der Waals surface area contributed by atoms with Crippen LogP contribution in [-0.4, -0.2) is 32.2 Å². The number of rotatable bonds is 7. The molecule has 0 amide bonds. The number of thiocarbonyl (C=S) groups is 1. The molecule has 2 aromatic rings. The molecule has 0 saturated heterocycles. The van der Waals surface area contributed by atoms with Crippen molar-refractivity contribution in [3.8, 4) is 17.2 Å². The summed E-state index contributed by atoms with van der Waals surface area (Å²) in [7, 11) is 3.21. The molecule has 2 N–H and O–H groups in total. The third kappa shape index (κ3) is 5.36. The Balaban J connectivity index is 1.97. The Morgan fingerprint density at radius 2 is 1.84 bits per heavy atom. The molecule has 0 aromatic heterocycles. The van der Waals surface area contributed by atoms with Gasteiger partial charge < -0.3 is 19.5 Å². The van der Waals surface area contributed by atoms with Crippen molar-refractivity contribution in [2.75, 3.05) is 26.1 Å². The van der Waals surface area contributed by atoms with E-state index < -0.39 is 0 Å². The second-order valence-electron chi connectivity index (χ2n) is 4.87. The Labute approximate surface area is 152 Å². The lowest BCUT2D eigenvalue weighted by Crippen LogP contribution is -2.24. The molecule has 0 aliphatic carbocycles. The monoisotopic (exact) mass is 359 g/mol. The van der Waals surface area contributed by atoms with Crippen LogP contribution in [0, 0.1) is 0 Å². The fourth-order valence-electron chi connectivity index (χ4n) is 2.10. The summed E-state index contributed by atoms with van der Waals surface area (Å²) in [4.78, 5) is 0. The Bertz CT molecular complexity index is 750. The van der Waals surface area contributed by atoms with E-state index in [4.69, 9.17) is 26.4 Å². The van der Waals surface area contributed by atoms with Crippen LogP contribution in [0.5, 0.6) is 17.2 Å². The Kier molecular flexibility index (Phi) is 7.03.